The van der Waals surface area contributed by atoms with Gasteiger partial charge in [-0.3, -0.25) is 9.59 Å². The van der Waals surface area contributed by atoms with E-state index in [1.165, 1.54) is 0 Å². The van der Waals surface area contributed by atoms with Gasteiger partial charge in [-0.25, -0.2) is 0 Å². The van der Waals surface area contributed by atoms with Crippen LogP contribution in [0, 0.1) is 11.8 Å². The first-order valence-corrected chi connectivity index (χ1v) is 7.02. The molecule has 1 unspecified atom stereocenters. The highest BCUT2D eigenvalue weighted by atomic mass is 16.5. The predicted octanol–water partition coefficient (Wildman–Crippen LogP) is 1.73. The molecular formula is C14H21NO3. The normalized spacial score (nSPS) is 40.1. The predicted molar refractivity (Wildman–Crippen MR) is 65.7 cm³/mol. The first-order valence-electron chi connectivity index (χ1n) is 7.02. The van der Waals surface area contributed by atoms with Gasteiger partial charge in [0.15, 0.2) is 0 Å². The highest BCUT2D eigenvalue weighted by Gasteiger charge is 2.58. The number of ketones is 1. The molecule has 3 fully saturated rings. The second-order valence-electron chi connectivity index (χ2n) is 6.21. The zero-order valence-electron chi connectivity index (χ0n) is 11.1. The summed E-state index contributed by atoms with van der Waals surface area (Å²) < 4.78 is 6.09. The van der Waals surface area contributed by atoms with Crippen LogP contribution in [0.5, 0.6) is 0 Å². The number of ether oxygens (including phenoxy) is 1. The fourth-order valence-electron chi connectivity index (χ4n) is 3.85. The molecule has 3 aliphatic rings. The van der Waals surface area contributed by atoms with Gasteiger partial charge in [0.05, 0.1) is 12.6 Å². The zero-order chi connectivity index (χ0) is 12.9. The Labute approximate surface area is 108 Å². The highest BCUT2D eigenvalue weighted by molar-refractivity contribution is 5.83. The van der Waals surface area contributed by atoms with E-state index in [1.807, 2.05) is 4.90 Å². The molecule has 0 N–H and O–H groups in total. The maximum atomic E-state index is 12.3. The van der Waals surface area contributed by atoms with Gasteiger partial charge in [0.25, 0.3) is 0 Å². The number of hydrogen-bond acceptors (Lipinski definition) is 3. The van der Waals surface area contributed by atoms with Gasteiger partial charge in [0, 0.05) is 31.6 Å². The fraction of sp³-hybridized carbons (Fsp3) is 0.857. The van der Waals surface area contributed by atoms with Crippen molar-refractivity contribution in [1.29, 1.82) is 0 Å². The second kappa shape index (κ2) is 4.05. The molecule has 2 saturated heterocycles. The molecule has 2 aliphatic heterocycles. The lowest BCUT2D eigenvalue weighted by molar-refractivity contribution is -0.187. The van der Waals surface area contributed by atoms with E-state index in [0.717, 1.165) is 6.42 Å². The third kappa shape index (κ3) is 1.54. The standard InChI is InChI=1S/C14H21NO3/c1-9(2)12-8-18-14-6-5-11(16)7-10(14)3-4-13(17)15(12)14/h9-10,12H,3-8H2,1-2H3/t10-,12-,14?/m1/s1. The van der Waals surface area contributed by atoms with Gasteiger partial charge < -0.3 is 9.64 Å². The molecule has 1 amide bonds. The van der Waals surface area contributed by atoms with Crippen LogP contribution in [-0.2, 0) is 14.3 Å². The summed E-state index contributed by atoms with van der Waals surface area (Å²) in [5, 5.41) is 0. The number of piperidine rings is 1. The Hall–Kier alpha value is -0.900. The van der Waals surface area contributed by atoms with E-state index in [-0.39, 0.29) is 17.9 Å². The first-order chi connectivity index (χ1) is 8.54. The Kier molecular flexibility index (Phi) is 2.73. The summed E-state index contributed by atoms with van der Waals surface area (Å²) in [7, 11) is 0. The quantitative estimate of drug-likeness (QED) is 0.713. The van der Waals surface area contributed by atoms with Crippen LogP contribution < -0.4 is 0 Å². The summed E-state index contributed by atoms with van der Waals surface area (Å²) in [6.45, 7) is 4.91. The maximum absolute atomic E-state index is 12.3. The van der Waals surface area contributed by atoms with Crippen LogP contribution in [0.25, 0.3) is 0 Å². The van der Waals surface area contributed by atoms with Crippen LogP contribution in [-0.4, -0.2) is 35.0 Å². The molecule has 0 aromatic carbocycles. The number of carbonyl (C=O) groups excluding carboxylic acids is 2. The summed E-state index contributed by atoms with van der Waals surface area (Å²) >= 11 is 0. The molecule has 4 heteroatoms. The van der Waals surface area contributed by atoms with Crippen molar-refractivity contribution in [2.24, 2.45) is 11.8 Å². The molecule has 0 aromatic heterocycles. The summed E-state index contributed by atoms with van der Waals surface area (Å²) in [5.41, 5.74) is -0.446. The number of carbonyl (C=O) groups is 2. The van der Waals surface area contributed by atoms with Crippen LogP contribution in [0.1, 0.15) is 46.0 Å². The molecule has 4 nitrogen and oxygen atoms in total. The number of hydrogen-bond donors (Lipinski definition) is 0. The van der Waals surface area contributed by atoms with Crippen molar-refractivity contribution in [3.63, 3.8) is 0 Å². The minimum absolute atomic E-state index is 0.188. The van der Waals surface area contributed by atoms with Crippen molar-refractivity contribution in [3.8, 4) is 0 Å². The number of Topliss-reactive ketones (excluding diaryl/α,β-unsaturated/α-hetero) is 1. The Balaban J connectivity index is 1.95. The molecule has 3 rings (SSSR count). The molecule has 100 valence electrons. The van der Waals surface area contributed by atoms with Gasteiger partial charge in [-0.2, -0.15) is 0 Å². The zero-order valence-corrected chi connectivity index (χ0v) is 11.1. The van der Waals surface area contributed by atoms with Crippen molar-refractivity contribution >= 4 is 11.7 Å². The number of nitrogens with zero attached hydrogens (tertiary/aromatic N) is 1. The lowest BCUT2D eigenvalue weighted by Crippen LogP contribution is -2.61. The van der Waals surface area contributed by atoms with Gasteiger partial charge in [-0.05, 0) is 12.3 Å². The summed E-state index contributed by atoms with van der Waals surface area (Å²) in [4.78, 5) is 25.9. The monoisotopic (exact) mass is 251 g/mol. The summed E-state index contributed by atoms with van der Waals surface area (Å²) in [5.74, 6) is 1.18. The van der Waals surface area contributed by atoms with Crippen molar-refractivity contribution in [1.82, 2.24) is 4.90 Å². The molecule has 3 atom stereocenters. The molecule has 0 bridgehead atoms. The van der Waals surface area contributed by atoms with E-state index in [9.17, 15) is 9.59 Å². The van der Waals surface area contributed by atoms with Crippen molar-refractivity contribution in [2.45, 2.75) is 57.7 Å². The summed E-state index contributed by atoms with van der Waals surface area (Å²) in [6, 6.07) is 0.188. The second-order valence-corrected chi connectivity index (χ2v) is 6.21. The van der Waals surface area contributed by atoms with Crippen LogP contribution in [0.3, 0.4) is 0 Å². The van der Waals surface area contributed by atoms with Gasteiger partial charge in [0.2, 0.25) is 5.91 Å². The smallest absolute Gasteiger partial charge is 0.225 e. The van der Waals surface area contributed by atoms with E-state index < -0.39 is 5.72 Å². The van der Waals surface area contributed by atoms with Crippen molar-refractivity contribution in [3.05, 3.63) is 0 Å². The molecule has 1 saturated carbocycles. The minimum atomic E-state index is -0.446. The number of amides is 1. The van der Waals surface area contributed by atoms with Crippen LogP contribution in [0.2, 0.25) is 0 Å². The number of rotatable bonds is 1. The van der Waals surface area contributed by atoms with Crippen molar-refractivity contribution < 1.29 is 14.3 Å². The Morgan fingerprint density at radius 1 is 1.33 bits per heavy atom. The molecule has 18 heavy (non-hydrogen) atoms. The Morgan fingerprint density at radius 3 is 2.83 bits per heavy atom. The van der Waals surface area contributed by atoms with E-state index >= 15 is 0 Å². The van der Waals surface area contributed by atoms with Gasteiger partial charge in [-0.15, -0.1) is 0 Å². The molecule has 1 spiro atoms. The lowest BCUT2D eigenvalue weighted by atomic mass is 9.74. The SMILES string of the molecule is CC(C)[C@H]1COC23CCC(=O)C[C@H]2CCC(=O)N13. The Morgan fingerprint density at radius 2 is 2.11 bits per heavy atom. The van der Waals surface area contributed by atoms with Crippen LogP contribution in [0.4, 0.5) is 0 Å². The Bertz CT molecular complexity index is 393. The fourth-order valence-corrected chi connectivity index (χ4v) is 3.85. The maximum Gasteiger partial charge on any atom is 0.225 e. The molecule has 0 radical (unpaired) electrons. The first kappa shape index (κ1) is 12.2. The largest absolute Gasteiger partial charge is 0.353 e. The van der Waals surface area contributed by atoms with Crippen LogP contribution in [0.15, 0.2) is 0 Å². The van der Waals surface area contributed by atoms with E-state index in [2.05, 4.69) is 13.8 Å². The molecular weight excluding hydrogens is 230 g/mol. The van der Waals surface area contributed by atoms with Gasteiger partial charge in [0.1, 0.15) is 11.5 Å². The van der Waals surface area contributed by atoms with Gasteiger partial charge >= 0.3 is 0 Å². The minimum Gasteiger partial charge on any atom is -0.353 e. The highest BCUT2D eigenvalue weighted by Crippen LogP contribution is 2.49. The van der Waals surface area contributed by atoms with Crippen molar-refractivity contribution in [2.75, 3.05) is 6.61 Å². The average molecular weight is 251 g/mol. The molecule has 0 aromatic rings. The summed E-state index contributed by atoms with van der Waals surface area (Å²) in [6.07, 6.45) is 3.24. The molecule has 2 heterocycles. The third-order valence-electron chi connectivity index (χ3n) is 4.86. The average Bonchev–Trinajstić information content (AvgIpc) is 2.71. The van der Waals surface area contributed by atoms with Gasteiger partial charge in [-0.1, -0.05) is 13.8 Å². The lowest BCUT2D eigenvalue weighted by Gasteiger charge is -2.50. The topological polar surface area (TPSA) is 46.6 Å². The van der Waals surface area contributed by atoms with E-state index in [4.69, 9.17) is 4.74 Å². The van der Waals surface area contributed by atoms with Crippen LogP contribution >= 0.6 is 0 Å². The van der Waals surface area contributed by atoms with E-state index in [1.54, 1.807) is 0 Å². The van der Waals surface area contributed by atoms with E-state index in [0.29, 0.717) is 44.0 Å². The third-order valence-corrected chi connectivity index (χ3v) is 4.86. The molecule has 1 aliphatic carbocycles.